The highest BCUT2D eigenvalue weighted by atomic mass is 32.1. The summed E-state index contributed by atoms with van der Waals surface area (Å²) in [6.07, 6.45) is 0. The summed E-state index contributed by atoms with van der Waals surface area (Å²) in [6.45, 7) is 4.54. The number of nitrogens with two attached hydrogens (primary N) is 1. The van der Waals surface area contributed by atoms with Crippen LogP contribution >= 0.6 is 11.3 Å². The fraction of sp³-hybridized carbons (Fsp3) is 0.294. The van der Waals surface area contributed by atoms with Gasteiger partial charge in [0, 0.05) is 29.7 Å². The Balaban J connectivity index is 2.00. The van der Waals surface area contributed by atoms with E-state index in [4.69, 9.17) is 5.73 Å². The van der Waals surface area contributed by atoms with Crippen LogP contribution in [0.2, 0.25) is 0 Å². The first-order valence-electron chi connectivity index (χ1n) is 7.43. The standard InChI is InChI=1S/C17H19FN4S/c1-10-11(2)23-17(20-10)14(9-19)16-8-15(21-22(16)3)12-4-6-13(18)7-5-12/h4-8,14H,9,19H2,1-3H3. The summed E-state index contributed by atoms with van der Waals surface area (Å²) in [4.78, 5) is 5.85. The summed E-state index contributed by atoms with van der Waals surface area (Å²) in [5.74, 6) is -0.238. The maximum absolute atomic E-state index is 13.1. The van der Waals surface area contributed by atoms with E-state index in [0.29, 0.717) is 6.54 Å². The van der Waals surface area contributed by atoms with Gasteiger partial charge in [-0.3, -0.25) is 4.68 Å². The van der Waals surface area contributed by atoms with Gasteiger partial charge in [-0.2, -0.15) is 5.10 Å². The molecule has 6 heteroatoms. The van der Waals surface area contributed by atoms with Gasteiger partial charge in [0.25, 0.3) is 0 Å². The summed E-state index contributed by atoms with van der Waals surface area (Å²) in [6, 6.07) is 8.36. The third kappa shape index (κ3) is 3.04. The van der Waals surface area contributed by atoms with E-state index < -0.39 is 0 Å². The molecule has 0 saturated carbocycles. The van der Waals surface area contributed by atoms with Gasteiger partial charge in [0.15, 0.2) is 0 Å². The predicted octanol–water partition coefficient (Wildman–Crippen LogP) is 3.39. The van der Waals surface area contributed by atoms with Crippen LogP contribution in [0, 0.1) is 19.7 Å². The van der Waals surface area contributed by atoms with Gasteiger partial charge in [0.2, 0.25) is 0 Å². The lowest BCUT2D eigenvalue weighted by molar-refractivity contribution is 0.628. The van der Waals surface area contributed by atoms with E-state index >= 15 is 0 Å². The van der Waals surface area contributed by atoms with E-state index in [1.807, 2.05) is 24.7 Å². The molecular weight excluding hydrogens is 311 g/mol. The van der Waals surface area contributed by atoms with Gasteiger partial charge in [0.1, 0.15) is 10.8 Å². The molecule has 0 fully saturated rings. The summed E-state index contributed by atoms with van der Waals surface area (Å²) >= 11 is 1.68. The Labute approximate surface area is 138 Å². The molecule has 1 aromatic carbocycles. The number of hydrogen-bond donors (Lipinski definition) is 1. The molecule has 4 nitrogen and oxygen atoms in total. The molecule has 2 aromatic heterocycles. The van der Waals surface area contributed by atoms with Crippen molar-refractivity contribution in [3.63, 3.8) is 0 Å². The van der Waals surface area contributed by atoms with Gasteiger partial charge in [-0.15, -0.1) is 11.3 Å². The molecule has 0 spiro atoms. The lowest BCUT2D eigenvalue weighted by atomic mass is 10.0. The highest BCUT2D eigenvalue weighted by molar-refractivity contribution is 7.11. The Bertz CT molecular complexity index is 800. The maximum Gasteiger partial charge on any atom is 0.123 e. The second-order valence-electron chi connectivity index (χ2n) is 5.57. The molecule has 0 radical (unpaired) electrons. The first-order valence-corrected chi connectivity index (χ1v) is 8.25. The molecule has 1 unspecified atom stereocenters. The molecule has 0 aliphatic carbocycles. The summed E-state index contributed by atoms with van der Waals surface area (Å²) in [7, 11) is 1.90. The van der Waals surface area contributed by atoms with Crippen molar-refractivity contribution in [1.82, 2.24) is 14.8 Å². The Morgan fingerprint density at radius 3 is 2.52 bits per heavy atom. The average Bonchev–Trinajstić information content (AvgIpc) is 3.05. The highest BCUT2D eigenvalue weighted by Crippen LogP contribution is 2.31. The average molecular weight is 330 g/mol. The molecule has 0 aliphatic rings. The van der Waals surface area contributed by atoms with E-state index in [9.17, 15) is 4.39 Å². The largest absolute Gasteiger partial charge is 0.329 e. The minimum atomic E-state index is -0.251. The Morgan fingerprint density at radius 1 is 1.26 bits per heavy atom. The smallest absolute Gasteiger partial charge is 0.123 e. The number of hydrogen-bond acceptors (Lipinski definition) is 4. The molecule has 0 aliphatic heterocycles. The van der Waals surface area contributed by atoms with Gasteiger partial charge in [-0.05, 0) is 44.2 Å². The van der Waals surface area contributed by atoms with E-state index in [0.717, 1.165) is 27.7 Å². The number of halogens is 1. The van der Waals surface area contributed by atoms with Crippen LogP contribution in [0.4, 0.5) is 4.39 Å². The minimum absolute atomic E-state index is 0.0131. The number of aryl methyl sites for hydroxylation is 3. The molecular formula is C17H19FN4S. The van der Waals surface area contributed by atoms with Crippen LogP contribution in [0.5, 0.6) is 0 Å². The Kier molecular flexibility index (Phi) is 4.28. The number of rotatable bonds is 4. The normalized spacial score (nSPS) is 12.6. The highest BCUT2D eigenvalue weighted by Gasteiger charge is 2.22. The van der Waals surface area contributed by atoms with Crippen molar-refractivity contribution in [3.8, 4) is 11.3 Å². The van der Waals surface area contributed by atoms with Crippen molar-refractivity contribution >= 4 is 11.3 Å². The van der Waals surface area contributed by atoms with Crippen molar-refractivity contribution in [2.45, 2.75) is 19.8 Å². The number of aromatic nitrogens is 3. The maximum atomic E-state index is 13.1. The van der Waals surface area contributed by atoms with Gasteiger partial charge in [0.05, 0.1) is 17.3 Å². The zero-order valence-corrected chi connectivity index (χ0v) is 14.2. The van der Waals surface area contributed by atoms with E-state index in [2.05, 4.69) is 17.0 Å². The van der Waals surface area contributed by atoms with Crippen molar-refractivity contribution in [3.05, 3.63) is 57.4 Å². The molecule has 2 heterocycles. The molecule has 3 rings (SSSR count). The quantitative estimate of drug-likeness (QED) is 0.798. The summed E-state index contributed by atoms with van der Waals surface area (Å²) < 4.78 is 14.9. The van der Waals surface area contributed by atoms with Crippen molar-refractivity contribution in [1.29, 1.82) is 0 Å². The van der Waals surface area contributed by atoms with E-state index in [-0.39, 0.29) is 11.7 Å². The van der Waals surface area contributed by atoms with Crippen LogP contribution in [0.15, 0.2) is 30.3 Å². The van der Waals surface area contributed by atoms with Gasteiger partial charge < -0.3 is 5.73 Å². The van der Waals surface area contributed by atoms with Crippen LogP contribution in [-0.4, -0.2) is 21.3 Å². The van der Waals surface area contributed by atoms with Crippen LogP contribution in [0.1, 0.15) is 27.2 Å². The summed E-state index contributed by atoms with van der Waals surface area (Å²) in [5, 5.41) is 5.56. The topological polar surface area (TPSA) is 56.7 Å². The monoisotopic (exact) mass is 330 g/mol. The van der Waals surface area contributed by atoms with Crippen LogP contribution in [-0.2, 0) is 7.05 Å². The minimum Gasteiger partial charge on any atom is -0.329 e. The molecule has 120 valence electrons. The lowest BCUT2D eigenvalue weighted by Gasteiger charge is -2.11. The third-order valence-electron chi connectivity index (χ3n) is 3.99. The lowest BCUT2D eigenvalue weighted by Crippen LogP contribution is -2.16. The zero-order chi connectivity index (χ0) is 16.6. The number of thiazole rings is 1. The van der Waals surface area contributed by atoms with Crippen molar-refractivity contribution in [2.75, 3.05) is 6.54 Å². The Morgan fingerprint density at radius 2 is 1.96 bits per heavy atom. The fourth-order valence-corrected chi connectivity index (χ4v) is 3.61. The first-order chi connectivity index (χ1) is 11.0. The van der Waals surface area contributed by atoms with Gasteiger partial charge in [-0.1, -0.05) is 0 Å². The molecule has 0 amide bonds. The van der Waals surface area contributed by atoms with Crippen LogP contribution in [0.25, 0.3) is 11.3 Å². The predicted molar refractivity (Wildman–Crippen MR) is 91.1 cm³/mol. The molecule has 2 N–H and O–H groups in total. The van der Waals surface area contributed by atoms with Crippen LogP contribution < -0.4 is 5.73 Å². The number of benzene rings is 1. The van der Waals surface area contributed by atoms with Gasteiger partial charge >= 0.3 is 0 Å². The fourth-order valence-electron chi connectivity index (χ4n) is 2.56. The number of nitrogens with zero attached hydrogens (tertiary/aromatic N) is 3. The van der Waals surface area contributed by atoms with Crippen molar-refractivity contribution in [2.24, 2.45) is 12.8 Å². The third-order valence-corrected chi connectivity index (χ3v) is 5.18. The Hall–Kier alpha value is -2.05. The summed E-state index contributed by atoms with van der Waals surface area (Å²) in [5.41, 5.74) is 9.76. The molecule has 0 saturated heterocycles. The molecule has 1 atom stereocenters. The second-order valence-corrected chi connectivity index (χ2v) is 6.80. The van der Waals surface area contributed by atoms with E-state index in [1.54, 1.807) is 23.5 Å². The van der Waals surface area contributed by atoms with Crippen molar-refractivity contribution < 1.29 is 4.39 Å². The SMILES string of the molecule is Cc1nc(C(CN)c2cc(-c3ccc(F)cc3)nn2C)sc1C. The van der Waals surface area contributed by atoms with Gasteiger partial charge in [-0.25, -0.2) is 9.37 Å². The second kappa shape index (κ2) is 6.22. The molecule has 3 aromatic rings. The van der Waals surface area contributed by atoms with Crippen LogP contribution in [0.3, 0.4) is 0 Å². The zero-order valence-electron chi connectivity index (χ0n) is 13.4. The molecule has 0 bridgehead atoms. The first kappa shape index (κ1) is 15.8. The molecule has 23 heavy (non-hydrogen) atoms. The van der Waals surface area contributed by atoms with E-state index in [1.165, 1.54) is 17.0 Å².